The average molecular weight is 1060 g/mol. The van der Waals surface area contributed by atoms with Gasteiger partial charge in [-0.25, -0.2) is 0 Å². The van der Waals surface area contributed by atoms with E-state index < -0.39 is 172 Å². The fourth-order valence-corrected chi connectivity index (χ4v) is 5.46. The Labute approximate surface area is 392 Å². The van der Waals surface area contributed by atoms with Crippen LogP contribution in [0, 0.1) is 0 Å². The van der Waals surface area contributed by atoms with Crippen molar-refractivity contribution in [2.45, 2.75) is 160 Å². The van der Waals surface area contributed by atoms with Gasteiger partial charge < -0.3 is 24.3 Å². The summed E-state index contributed by atoms with van der Waals surface area (Å²) < 4.78 is 255. The maximum atomic E-state index is 14.6. The normalized spacial score (nSPS) is 14.5. The van der Waals surface area contributed by atoms with Crippen molar-refractivity contribution in [3.63, 3.8) is 0 Å². The molecule has 0 heterocycles. The van der Waals surface area contributed by atoms with Gasteiger partial charge in [0.1, 0.15) is 22.4 Å². The van der Waals surface area contributed by atoms with Gasteiger partial charge in [0, 0.05) is 39.1 Å². The topological polar surface area (TPSA) is 144 Å². The van der Waals surface area contributed by atoms with Gasteiger partial charge in [-0.1, -0.05) is 0 Å². The highest BCUT2D eigenvalue weighted by molar-refractivity contribution is 5.78. The zero-order valence-corrected chi connectivity index (χ0v) is 40.2. The first kappa shape index (κ1) is 66.0. The molecule has 70 heavy (non-hydrogen) atoms. The van der Waals surface area contributed by atoms with Gasteiger partial charge in [0.25, 0.3) is 0 Å². The van der Waals surface area contributed by atoms with Crippen LogP contribution in [-0.2, 0) is 42.9 Å². The number of halogens is 17. The van der Waals surface area contributed by atoms with Gasteiger partial charge in [0.05, 0.1) is 32.7 Å². The molecule has 0 aromatic heterocycles. The molecule has 0 radical (unpaired) electrons. The second-order valence-corrected chi connectivity index (χ2v) is 19.8. The Kier molecular flexibility index (Phi) is 21.6. The van der Waals surface area contributed by atoms with Gasteiger partial charge in [-0.05, 0) is 83.1 Å². The maximum absolute atomic E-state index is 14.6. The largest absolute Gasteiger partial charge is 0.460 e. The molecule has 0 aromatic rings. The van der Waals surface area contributed by atoms with Gasteiger partial charge in [0.15, 0.2) is 0 Å². The van der Waals surface area contributed by atoms with Crippen LogP contribution < -0.4 is 5.32 Å². The first-order valence-corrected chi connectivity index (χ1v) is 20.7. The Morgan fingerprint density at radius 1 is 0.357 bits per heavy atom. The Balaban J connectivity index is 6.87. The lowest BCUT2D eigenvalue weighted by atomic mass is 9.88. The molecule has 412 valence electrons. The molecular weight excluding hydrogens is 1000 g/mol. The summed E-state index contributed by atoms with van der Waals surface area (Å²) in [5, 5.41) is 1.49. The van der Waals surface area contributed by atoms with Crippen LogP contribution in [0.5, 0.6) is 0 Å². The summed E-state index contributed by atoms with van der Waals surface area (Å²) in [7, 11) is 0. The molecule has 0 atom stereocenters. The van der Waals surface area contributed by atoms with E-state index in [1.165, 1.54) is 88.4 Å². The number of amides is 1. The standard InChI is InChI=1S/C40H59F17N4O9/c1-29(2,3)67-25(63)20-60(21-26(64)68-30(4,5)6)17-15-59(16-18-61(22-27(65)69-31(7,8)9)23-28(66)70-32(10,11)12)19-24(62)58-14-13-33(41,42)34(43,44)35(45,46)36(47,48)37(49,50)38(51,52)39(53,54)40(55,56)57/h13-23H2,1-12H3,(H,58,62). The number of carbonyl (C=O) groups excluding carboxylic acids is 5. The van der Waals surface area contributed by atoms with E-state index in [1.54, 1.807) is 0 Å². The lowest BCUT2D eigenvalue weighted by Crippen LogP contribution is -2.74. The minimum absolute atomic E-state index is 0.393. The fourth-order valence-electron chi connectivity index (χ4n) is 5.46. The van der Waals surface area contributed by atoms with Crippen molar-refractivity contribution in [2.75, 3.05) is 65.4 Å². The quantitative estimate of drug-likeness (QED) is 0.0542. The second kappa shape index (κ2) is 22.9. The number of rotatable bonds is 25. The summed E-state index contributed by atoms with van der Waals surface area (Å²) in [4.78, 5) is 67.6. The minimum atomic E-state index is -8.80. The highest BCUT2D eigenvalue weighted by Gasteiger charge is 2.95. The third kappa shape index (κ3) is 18.9. The SMILES string of the molecule is CC(C)(C)OC(=O)CN(CCN(CCN(CC(=O)OC(C)(C)C)CC(=O)OC(C)(C)C)CC(=O)NCCC(F)(F)C(F)(F)C(F)(F)C(F)(F)C(F)(F)C(F)(F)C(F)(F)C(F)(F)F)CC(=O)OC(C)(C)C. The molecule has 0 aliphatic heterocycles. The number of carbonyl (C=O) groups is 5. The van der Waals surface area contributed by atoms with Crippen LogP contribution in [0.15, 0.2) is 0 Å². The van der Waals surface area contributed by atoms with Crippen molar-refractivity contribution in [3.8, 4) is 0 Å². The van der Waals surface area contributed by atoms with Gasteiger partial charge in [-0.15, -0.1) is 0 Å². The number of esters is 4. The molecule has 13 nitrogen and oxygen atoms in total. The molecule has 0 spiro atoms. The number of hydrogen-bond donors (Lipinski definition) is 1. The Morgan fingerprint density at radius 3 is 0.857 bits per heavy atom. The summed E-state index contributed by atoms with van der Waals surface area (Å²) in [5.74, 6) is -62.9. The monoisotopic (exact) mass is 1060 g/mol. The van der Waals surface area contributed by atoms with E-state index in [-0.39, 0.29) is 0 Å². The fraction of sp³-hybridized carbons (Fsp3) is 0.875. The van der Waals surface area contributed by atoms with E-state index in [4.69, 9.17) is 18.9 Å². The molecule has 1 N–H and O–H groups in total. The molecule has 0 rings (SSSR count). The molecule has 0 unspecified atom stereocenters. The Hall–Kier alpha value is -3.96. The third-order valence-corrected chi connectivity index (χ3v) is 8.47. The van der Waals surface area contributed by atoms with Crippen LogP contribution in [0.3, 0.4) is 0 Å². The van der Waals surface area contributed by atoms with E-state index >= 15 is 0 Å². The molecule has 0 fully saturated rings. The summed E-state index contributed by atoms with van der Waals surface area (Å²) in [6.45, 7) is 10.9. The Bertz CT molecular complexity index is 1660. The summed E-state index contributed by atoms with van der Waals surface area (Å²) in [6.07, 6.45) is -10.8. The van der Waals surface area contributed by atoms with Crippen LogP contribution in [0.25, 0.3) is 0 Å². The smallest absolute Gasteiger partial charge is 0.459 e. The summed E-state index contributed by atoms with van der Waals surface area (Å²) >= 11 is 0. The highest BCUT2D eigenvalue weighted by atomic mass is 19.4. The molecule has 0 aromatic carbocycles. The van der Waals surface area contributed by atoms with Gasteiger partial charge in [-0.2, -0.15) is 74.6 Å². The second-order valence-electron chi connectivity index (χ2n) is 19.8. The molecular formula is C40H59F17N4O9. The van der Waals surface area contributed by atoms with Crippen molar-refractivity contribution >= 4 is 29.8 Å². The minimum Gasteiger partial charge on any atom is -0.459 e. The molecule has 0 aliphatic carbocycles. The van der Waals surface area contributed by atoms with Crippen LogP contribution in [0.4, 0.5) is 74.6 Å². The predicted octanol–water partition coefficient (Wildman–Crippen LogP) is 7.77. The van der Waals surface area contributed by atoms with Crippen molar-refractivity contribution in [1.82, 2.24) is 20.0 Å². The molecule has 30 heteroatoms. The van der Waals surface area contributed by atoms with E-state index in [2.05, 4.69) is 0 Å². The Morgan fingerprint density at radius 2 is 0.600 bits per heavy atom. The molecule has 0 saturated carbocycles. The zero-order valence-electron chi connectivity index (χ0n) is 40.2. The van der Waals surface area contributed by atoms with E-state index in [1.807, 2.05) is 0 Å². The van der Waals surface area contributed by atoms with Crippen molar-refractivity contribution in [2.24, 2.45) is 0 Å². The predicted molar refractivity (Wildman–Crippen MR) is 211 cm³/mol. The molecule has 0 bridgehead atoms. The lowest BCUT2D eigenvalue weighted by Gasteiger charge is -2.42. The first-order valence-electron chi connectivity index (χ1n) is 20.7. The van der Waals surface area contributed by atoms with Crippen LogP contribution in [0.1, 0.15) is 89.5 Å². The number of hydrogen-bond acceptors (Lipinski definition) is 12. The van der Waals surface area contributed by atoms with Crippen LogP contribution in [-0.4, -0.2) is 180 Å². The van der Waals surface area contributed by atoms with Gasteiger partial charge >= 0.3 is 71.5 Å². The maximum Gasteiger partial charge on any atom is 0.460 e. The van der Waals surface area contributed by atoms with Crippen molar-refractivity contribution < 1.29 is 118 Å². The molecule has 1 amide bonds. The first-order chi connectivity index (χ1) is 30.7. The van der Waals surface area contributed by atoms with E-state index in [0.717, 1.165) is 14.7 Å². The summed E-state index contributed by atoms with van der Waals surface area (Å²) in [6, 6.07) is 0. The zero-order chi connectivity index (χ0) is 55.9. The van der Waals surface area contributed by atoms with Gasteiger partial charge in [-0.3, -0.25) is 38.7 Å². The number of nitrogens with one attached hydrogen (secondary N) is 1. The number of ether oxygens (including phenoxy) is 4. The number of alkyl halides is 17. The summed E-state index contributed by atoms with van der Waals surface area (Å²) in [5.41, 5.74) is -4.18. The van der Waals surface area contributed by atoms with E-state index in [9.17, 15) is 98.6 Å². The van der Waals surface area contributed by atoms with Crippen molar-refractivity contribution in [3.05, 3.63) is 0 Å². The number of nitrogens with zero attached hydrogens (tertiary/aromatic N) is 3. The van der Waals surface area contributed by atoms with Gasteiger partial charge in [0.2, 0.25) is 5.91 Å². The lowest BCUT2D eigenvalue weighted by molar-refractivity contribution is -0.461. The molecule has 0 aliphatic rings. The van der Waals surface area contributed by atoms with E-state index in [0.29, 0.717) is 0 Å². The van der Waals surface area contributed by atoms with Crippen LogP contribution >= 0.6 is 0 Å². The van der Waals surface area contributed by atoms with Crippen molar-refractivity contribution in [1.29, 1.82) is 0 Å². The third-order valence-electron chi connectivity index (χ3n) is 8.47. The average Bonchev–Trinajstić information content (AvgIpc) is 3.08. The van der Waals surface area contributed by atoms with Crippen LogP contribution in [0.2, 0.25) is 0 Å². The highest BCUT2D eigenvalue weighted by Crippen LogP contribution is 2.64. The molecule has 0 saturated heterocycles.